The van der Waals surface area contributed by atoms with Crippen LogP contribution < -0.4 is 11.1 Å². The van der Waals surface area contributed by atoms with Gasteiger partial charge in [0.1, 0.15) is 0 Å². The van der Waals surface area contributed by atoms with Crippen LogP contribution in [0, 0.1) is 0 Å². The number of nitrogens with zero attached hydrogens (tertiary/aromatic N) is 1. The molecular weight excluding hydrogens is 214 g/mol. The molecule has 1 unspecified atom stereocenters. The fraction of sp³-hybridized carbons (Fsp3) is 0.923. The van der Waals surface area contributed by atoms with E-state index in [1.165, 1.54) is 0 Å². The minimum Gasteiger partial charge on any atom is -0.350 e. The summed E-state index contributed by atoms with van der Waals surface area (Å²) in [6, 6.07) is 0.225. The lowest BCUT2D eigenvalue weighted by molar-refractivity contribution is -0.124. The minimum absolute atomic E-state index is 0.00648. The number of rotatable bonds is 4. The Hall–Kier alpha value is -0.610. The van der Waals surface area contributed by atoms with Gasteiger partial charge in [-0.1, -0.05) is 6.92 Å². The summed E-state index contributed by atoms with van der Waals surface area (Å²) < 4.78 is 0. The summed E-state index contributed by atoms with van der Waals surface area (Å²) in [7, 11) is 0. The fourth-order valence-corrected chi connectivity index (χ4v) is 2.23. The second-order valence-electron chi connectivity index (χ2n) is 5.69. The van der Waals surface area contributed by atoms with Gasteiger partial charge in [0, 0.05) is 24.7 Å². The molecule has 0 aromatic heterocycles. The van der Waals surface area contributed by atoms with E-state index in [4.69, 9.17) is 5.73 Å². The molecule has 1 heterocycles. The molecule has 1 fully saturated rings. The summed E-state index contributed by atoms with van der Waals surface area (Å²) in [6.07, 6.45) is 2.71. The summed E-state index contributed by atoms with van der Waals surface area (Å²) in [4.78, 5) is 14.3. The highest BCUT2D eigenvalue weighted by Gasteiger charge is 2.32. The van der Waals surface area contributed by atoms with E-state index in [-0.39, 0.29) is 17.5 Å². The SMILES string of the molecule is CCC(N)C(=O)NC1(C)CCN(C(C)C)CC1. The first-order valence-electron chi connectivity index (χ1n) is 6.69. The first-order valence-corrected chi connectivity index (χ1v) is 6.69. The Morgan fingerprint density at radius 3 is 2.35 bits per heavy atom. The molecule has 4 heteroatoms. The molecule has 0 bridgehead atoms. The van der Waals surface area contributed by atoms with Crippen LogP contribution in [0.25, 0.3) is 0 Å². The van der Waals surface area contributed by atoms with Gasteiger partial charge < -0.3 is 16.0 Å². The third-order valence-electron chi connectivity index (χ3n) is 3.83. The van der Waals surface area contributed by atoms with Gasteiger partial charge in [0.15, 0.2) is 0 Å². The van der Waals surface area contributed by atoms with Gasteiger partial charge in [-0.3, -0.25) is 4.79 Å². The Bertz CT molecular complexity index is 257. The lowest BCUT2D eigenvalue weighted by Gasteiger charge is -2.42. The fourth-order valence-electron chi connectivity index (χ4n) is 2.23. The van der Waals surface area contributed by atoms with Crippen molar-refractivity contribution in [2.45, 2.75) is 64.6 Å². The van der Waals surface area contributed by atoms with Crippen LogP contribution in [0.4, 0.5) is 0 Å². The van der Waals surface area contributed by atoms with Gasteiger partial charge in [-0.25, -0.2) is 0 Å². The maximum Gasteiger partial charge on any atom is 0.237 e. The van der Waals surface area contributed by atoms with Gasteiger partial charge in [0.05, 0.1) is 6.04 Å². The van der Waals surface area contributed by atoms with Crippen molar-refractivity contribution >= 4 is 5.91 Å². The standard InChI is InChI=1S/C13H27N3O/c1-5-11(14)12(17)15-13(4)6-8-16(9-7-13)10(2)3/h10-11H,5-9,14H2,1-4H3,(H,15,17). The Labute approximate surface area is 105 Å². The van der Waals surface area contributed by atoms with Crippen molar-refractivity contribution in [3.8, 4) is 0 Å². The van der Waals surface area contributed by atoms with Crippen LogP contribution in [0.3, 0.4) is 0 Å². The van der Waals surface area contributed by atoms with E-state index in [0.29, 0.717) is 12.5 Å². The highest BCUT2D eigenvalue weighted by Crippen LogP contribution is 2.23. The molecule has 0 aromatic carbocycles. The van der Waals surface area contributed by atoms with Gasteiger partial charge in [-0.05, 0) is 40.0 Å². The number of hydrogen-bond acceptors (Lipinski definition) is 3. The lowest BCUT2D eigenvalue weighted by atomic mass is 9.88. The number of hydrogen-bond donors (Lipinski definition) is 2. The molecule has 0 aromatic rings. The molecule has 100 valence electrons. The number of carbonyl (C=O) groups is 1. The summed E-state index contributed by atoms with van der Waals surface area (Å²) in [5.41, 5.74) is 5.67. The summed E-state index contributed by atoms with van der Waals surface area (Å²) in [5, 5.41) is 3.11. The smallest absolute Gasteiger partial charge is 0.237 e. The summed E-state index contributed by atoms with van der Waals surface area (Å²) in [6.45, 7) is 10.6. The molecule has 0 aliphatic carbocycles. The van der Waals surface area contributed by atoms with Crippen LogP contribution in [0.1, 0.15) is 47.0 Å². The molecule has 0 radical (unpaired) electrons. The zero-order valence-electron chi connectivity index (χ0n) is 11.6. The van der Waals surface area contributed by atoms with E-state index in [0.717, 1.165) is 25.9 Å². The van der Waals surface area contributed by atoms with Crippen molar-refractivity contribution in [3.63, 3.8) is 0 Å². The summed E-state index contributed by atoms with van der Waals surface area (Å²) >= 11 is 0. The number of likely N-dealkylation sites (tertiary alicyclic amines) is 1. The molecule has 1 atom stereocenters. The maximum atomic E-state index is 11.8. The van der Waals surface area contributed by atoms with Crippen LogP contribution in [0.5, 0.6) is 0 Å². The number of amides is 1. The number of piperidine rings is 1. The van der Waals surface area contributed by atoms with Crippen LogP contribution in [-0.2, 0) is 4.79 Å². The van der Waals surface area contributed by atoms with Crippen LogP contribution in [0.15, 0.2) is 0 Å². The molecule has 1 aliphatic heterocycles. The minimum atomic E-state index is -0.366. The van der Waals surface area contributed by atoms with E-state index in [2.05, 4.69) is 31.0 Å². The predicted molar refractivity (Wildman–Crippen MR) is 70.8 cm³/mol. The van der Waals surface area contributed by atoms with Crippen LogP contribution in [0.2, 0.25) is 0 Å². The van der Waals surface area contributed by atoms with Crippen molar-refractivity contribution in [1.29, 1.82) is 0 Å². The third kappa shape index (κ3) is 3.96. The Balaban J connectivity index is 2.47. The van der Waals surface area contributed by atoms with Crippen LogP contribution >= 0.6 is 0 Å². The van der Waals surface area contributed by atoms with Crippen molar-refractivity contribution in [2.75, 3.05) is 13.1 Å². The highest BCUT2D eigenvalue weighted by molar-refractivity contribution is 5.82. The number of nitrogens with two attached hydrogens (primary N) is 1. The second-order valence-corrected chi connectivity index (χ2v) is 5.69. The number of carbonyl (C=O) groups excluding carboxylic acids is 1. The molecule has 0 saturated carbocycles. The van der Waals surface area contributed by atoms with Crippen molar-refractivity contribution in [2.24, 2.45) is 5.73 Å². The average Bonchev–Trinajstić information content (AvgIpc) is 2.27. The first kappa shape index (κ1) is 14.5. The predicted octanol–water partition coefficient (Wildman–Crippen LogP) is 1.10. The van der Waals surface area contributed by atoms with E-state index in [1.807, 2.05) is 6.92 Å². The Morgan fingerprint density at radius 2 is 1.94 bits per heavy atom. The van der Waals surface area contributed by atoms with E-state index >= 15 is 0 Å². The number of nitrogens with one attached hydrogen (secondary N) is 1. The highest BCUT2D eigenvalue weighted by atomic mass is 16.2. The quantitative estimate of drug-likeness (QED) is 0.775. The molecule has 1 rings (SSSR count). The molecule has 17 heavy (non-hydrogen) atoms. The van der Waals surface area contributed by atoms with Gasteiger partial charge >= 0.3 is 0 Å². The van der Waals surface area contributed by atoms with Gasteiger partial charge in [-0.2, -0.15) is 0 Å². The molecule has 1 saturated heterocycles. The molecular formula is C13H27N3O. The van der Waals surface area contributed by atoms with Crippen LogP contribution in [-0.4, -0.2) is 41.5 Å². The third-order valence-corrected chi connectivity index (χ3v) is 3.83. The topological polar surface area (TPSA) is 58.4 Å². The molecule has 0 spiro atoms. The lowest BCUT2D eigenvalue weighted by Crippen LogP contribution is -2.57. The van der Waals surface area contributed by atoms with E-state index in [1.54, 1.807) is 0 Å². The largest absolute Gasteiger partial charge is 0.350 e. The van der Waals surface area contributed by atoms with Gasteiger partial charge in [0.25, 0.3) is 0 Å². The second kappa shape index (κ2) is 5.83. The van der Waals surface area contributed by atoms with Crippen molar-refractivity contribution < 1.29 is 4.79 Å². The first-order chi connectivity index (χ1) is 7.88. The van der Waals surface area contributed by atoms with Gasteiger partial charge in [-0.15, -0.1) is 0 Å². The summed E-state index contributed by atoms with van der Waals surface area (Å²) in [5.74, 6) is -0.00648. The average molecular weight is 241 g/mol. The Kier molecular flexibility index (Phi) is 4.95. The maximum absolute atomic E-state index is 11.8. The van der Waals surface area contributed by atoms with E-state index in [9.17, 15) is 4.79 Å². The zero-order valence-corrected chi connectivity index (χ0v) is 11.6. The molecule has 1 amide bonds. The van der Waals surface area contributed by atoms with E-state index < -0.39 is 0 Å². The monoisotopic (exact) mass is 241 g/mol. The Morgan fingerprint density at radius 1 is 1.41 bits per heavy atom. The molecule has 3 N–H and O–H groups in total. The molecule has 4 nitrogen and oxygen atoms in total. The van der Waals surface area contributed by atoms with Gasteiger partial charge in [0.2, 0.25) is 5.91 Å². The van der Waals surface area contributed by atoms with Crippen molar-refractivity contribution in [1.82, 2.24) is 10.2 Å². The zero-order chi connectivity index (χ0) is 13.1. The molecule has 1 aliphatic rings. The van der Waals surface area contributed by atoms with Crippen molar-refractivity contribution in [3.05, 3.63) is 0 Å². The normalized spacial score (nSPS) is 22.5.